The highest BCUT2D eigenvalue weighted by molar-refractivity contribution is 5.81. The van der Waals surface area contributed by atoms with Gasteiger partial charge in [-0.15, -0.1) is 0 Å². The fraction of sp³-hybridized carbons (Fsp3) is 0.433. The van der Waals surface area contributed by atoms with Crippen LogP contribution in [0.2, 0.25) is 0 Å². The van der Waals surface area contributed by atoms with Crippen molar-refractivity contribution in [3.8, 4) is 22.8 Å². The van der Waals surface area contributed by atoms with Gasteiger partial charge in [0.05, 0.1) is 19.9 Å². The summed E-state index contributed by atoms with van der Waals surface area (Å²) in [6.07, 6.45) is 8.54. The average Bonchev–Trinajstić information content (AvgIpc) is 2.94. The van der Waals surface area contributed by atoms with Gasteiger partial charge in [-0.3, -0.25) is 4.79 Å². The van der Waals surface area contributed by atoms with Crippen LogP contribution in [0, 0.1) is 0 Å². The number of piperidine rings is 1. The Morgan fingerprint density at radius 1 is 0.973 bits per heavy atom. The lowest BCUT2D eigenvalue weighted by Gasteiger charge is -2.26. The summed E-state index contributed by atoms with van der Waals surface area (Å²) in [5.74, 6) is 2.32. The Labute approximate surface area is 220 Å². The molecule has 7 heteroatoms. The van der Waals surface area contributed by atoms with E-state index in [0.717, 1.165) is 53.3 Å². The van der Waals surface area contributed by atoms with Crippen molar-refractivity contribution in [3.63, 3.8) is 0 Å². The Morgan fingerprint density at radius 2 is 1.81 bits per heavy atom. The summed E-state index contributed by atoms with van der Waals surface area (Å²) in [6.45, 7) is 4.09. The van der Waals surface area contributed by atoms with Gasteiger partial charge in [0.25, 0.3) is 0 Å². The molecular formula is C30H38N4O3. The van der Waals surface area contributed by atoms with Crippen molar-refractivity contribution < 1.29 is 14.3 Å². The van der Waals surface area contributed by atoms with Crippen molar-refractivity contribution >= 4 is 11.7 Å². The van der Waals surface area contributed by atoms with Gasteiger partial charge in [-0.05, 0) is 80.7 Å². The fourth-order valence-corrected chi connectivity index (χ4v) is 4.80. The predicted octanol–water partition coefficient (Wildman–Crippen LogP) is 5.19. The number of benzene rings is 2. The van der Waals surface area contributed by atoms with Crippen LogP contribution in [-0.4, -0.2) is 61.0 Å². The second-order valence-corrected chi connectivity index (χ2v) is 9.55. The number of carbonyl (C=O) groups is 1. The van der Waals surface area contributed by atoms with Gasteiger partial charge in [-0.1, -0.05) is 30.7 Å². The first-order valence-corrected chi connectivity index (χ1v) is 13.3. The number of ether oxygens (including phenoxy) is 2. The maximum Gasteiger partial charge on any atom is 0.223 e. The molecule has 0 spiro atoms. The zero-order valence-corrected chi connectivity index (χ0v) is 22.0. The topological polar surface area (TPSA) is 76.6 Å². The summed E-state index contributed by atoms with van der Waals surface area (Å²) in [5.41, 5.74) is 3.99. The van der Waals surface area contributed by atoms with Crippen molar-refractivity contribution in [1.82, 2.24) is 14.9 Å². The summed E-state index contributed by atoms with van der Waals surface area (Å²) in [7, 11) is 3.27. The quantitative estimate of drug-likeness (QED) is 0.345. The molecule has 0 atom stereocenters. The van der Waals surface area contributed by atoms with Crippen LogP contribution in [0.25, 0.3) is 11.3 Å². The summed E-state index contributed by atoms with van der Waals surface area (Å²) >= 11 is 0. The molecule has 0 saturated carbocycles. The zero-order valence-electron chi connectivity index (χ0n) is 22.0. The number of aromatic nitrogens is 2. The Morgan fingerprint density at radius 3 is 2.62 bits per heavy atom. The SMILES string of the molecule is COc1ccc(CCNc2nccc(-c3cccc(CC(=O)CCCN4CCCCC4)c3)n2)cc1OC. The van der Waals surface area contributed by atoms with Crippen molar-refractivity contribution in [2.24, 2.45) is 0 Å². The number of rotatable bonds is 13. The number of hydrogen-bond donors (Lipinski definition) is 1. The second kappa shape index (κ2) is 13.7. The molecule has 196 valence electrons. The fourth-order valence-electron chi connectivity index (χ4n) is 4.80. The van der Waals surface area contributed by atoms with E-state index >= 15 is 0 Å². The molecule has 4 rings (SSSR count). The highest BCUT2D eigenvalue weighted by atomic mass is 16.5. The number of likely N-dealkylation sites (tertiary alicyclic amines) is 1. The van der Waals surface area contributed by atoms with Crippen LogP contribution in [0.1, 0.15) is 43.2 Å². The monoisotopic (exact) mass is 502 g/mol. The molecule has 1 N–H and O–H groups in total. The Bertz CT molecular complexity index is 1160. The summed E-state index contributed by atoms with van der Waals surface area (Å²) in [4.78, 5) is 24.2. The van der Waals surface area contributed by atoms with E-state index in [-0.39, 0.29) is 0 Å². The molecule has 37 heavy (non-hydrogen) atoms. The van der Waals surface area contributed by atoms with Gasteiger partial charge in [0, 0.05) is 31.1 Å². The number of methoxy groups -OCH3 is 2. The largest absolute Gasteiger partial charge is 0.493 e. The molecule has 0 unspecified atom stereocenters. The smallest absolute Gasteiger partial charge is 0.223 e. The number of nitrogens with zero attached hydrogens (tertiary/aromatic N) is 3. The van der Waals surface area contributed by atoms with Crippen LogP contribution in [-0.2, 0) is 17.6 Å². The standard InChI is InChI=1S/C30H38N4O3/c1-36-28-12-11-23(22-29(28)37-2)13-15-31-30-32-16-14-27(33-30)25-9-6-8-24(20-25)21-26(35)10-7-19-34-17-4-3-5-18-34/h6,8-9,11-12,14,16,20,22H,3-5,7,10,13,15,17-19,21H2,1-2H3,(H,31,32,33). The lowest BCUT2D eigenvalue weighted by molar-refractivity contribution is -0.118. The lowest BCUT2D eigenvalue weighted by atomic mass is 10.0. The Balaban J connectivity index is 1.29. The molecule has 1 saturated heterocycles. The van der Waals surface area contributed by atoms with Crippen LogP contribution in [0.5, 0.6) is 11.5 Å². The lowest BCUT2D eigenvalue weighted by Crippen LogP contribution is -2.30. The van der Waals surface area contributed by atoms with E-state index in [9.17, 15) is 4.79 Å². The van der Waals surface area contributed by atoms with Crippen LogP contribution in [0.15, 0.2) is 54.7 Å². The normalized spacial score (nSPS) is 13.8. The van der Waals surface area contributed by atoms with Crippen molar-refractivity contribution in [3.05, 3.63) is 65.9 Å². The van der Waals surface area contributed by atoms with Crippen molar-refractivity contribution in [2.75, 3.05) is 45.7 Å². The van der Waals surface area contributed by atoms with Crippen LogP contribution in [0.4, 0.5) is 5.95 Å². The van der Waals surface area contributed by atoms with Gasteiger partial charge in [0.2, 0.25) is 5.95 Å². The number of hydrogen-bond acceptors (Lipinski definition) is 7. The molecular weight excluding hydrogens is 464 g/mol. The highest BCUT2D eigenvalue weighted by Crippen LogP contribution is 2.27. The molecule has 0 amide bonds. The molecule has 1 aliphatic heterocycles. The molecule has 2 heterocycles. The van der Waals surface area contributed by atoms with Gasteiger partial charge in [0.1, 0.15) is 5.78 Å². The average molecular weight is 503 g/mol. The summed E-state index contributed by atoms with van der Waals surface area (Å²) in [6, 6.07) is 15.9. The number of nitrogens with one attached hydrogen (secondary N) is 1. The third kappa shape index (κ3) is 8.02. The van der Waals surface area contributed by atoms with E-state index in [2.05, 4.69) is 21.3 Å². The maximum absolute atomic E-state index is 12.6. The molecule has 2 aromatic carbocycles. The van der Waals surface area contributed by atoms with Crippen molar-refractivity contribution in [1.29, 1.82) is 0 Å². The number of anilines is 1. The minimum Gasteiger partial charge on any atom is -0.493 e. The molecule has 7 nitrogen and oxygen atoms in total. The molecule has 0 bridgehead atoms. The molecule has 1 fully saturated rings. The van der Waals surface area contributed by atoms with Crippen LogP contribution >= 0.6 is 0 Å². The van der Waals surface area contributed by atoms with Crippen LogP contribution < -0.4 is 14.8 Å². The van der Waals surface area contributed by atoms with Gasteiger partial charge >= 0.3 is 0 Å². The van der Waals surface area contributed by atoms with Gasteiger partial charge < -0.3 is 19.7 Å². The third-order valence-corrected chi connectivity index (χ3v) is 6.80. The Kier molecular flexibility index (Phi) is 9.89. The number of carbonyl (C=O) groups excluding carboxylic acids is 1. The van der Waals surface area contributed by atoms with E-state index in [0.29, 0.717) is 31.1 Å². The van der Waals surface area contributed by atoms with Gasteiger partial charge in [0.15, 0.2) is 11.5 Å². The van der Waals surface area contributed by atoms with E-state index < -0.39 is 0 Å². The highest BCUT2D eigenvalue weighted by Gasteiger charge is 2.12. The summed E-state index contributed by atoms with van der Waals surface area (Å²) in [5, 5.41) is 3.31. The molecule has 0 radical (unpaired) electrons. The number of ketones is 1. The minimum absolute atomic E-state index is 0.300. The first-order valence-electron chi connectivity index (χ1n) is 13.3. The number of Topliss-reactive ketones (excluding diaryl/α,β-unsaturated/α-hetero) is 1. The van der Waals surface area contributed by atoms with Gasteiger partial charge in [-0.25, -0.2) is 9.97 Å². The molecule has 0 aliphatic carbocycles. The Hall–Kier alpha value is -3.45. The van der Waals surface area contributed by atoms with Crippen LogP contribution in [0.3, 0.4) is 0 Å². The first kappa shape index (κ1) is 26.6. The zero-order chi connectivity index (χ0) is 25.9. The molecule has 3 aromatic rings. The minimum atomic E-state index is 0.300. The second-order valence-electron chi connectivity index (χ2n) is 9.55. The summed E-state index contributed by atoms with van der Waals surface area (Å²) < 4.78 is 10.7. The van der Waals surface area contributed by atoms with E-state index in [4.69, 9.17) is 14.5 Å². The van der Waals surface area contributed by atoms with E-state index in [1.165, 1.54) is 32.4 Å². The van der Waals surface area contributed by atoms with Crippen molar-refractivity contribution in [2.45, 2.75) is 44.9 Å². The predicted molar refractivity (Wildman–Crippen MR) is 147 cm³/mol. The van der Waals surface area contributed by atoms with E-state index in [1.807, 2.05) is 42.5 Å². The third-order valence-electron chi connectivity index (χ3n) is 6.80. The molecule has 1 aliphatic rings. The van der Waals surface area contributed by atoms with E-state index in [1.54, 1.807) is 20.4 Å². The molecule has 1 aromatic heterocycles. The van der Waals surface area contributed by atoms with Gasteiger partial charge in [-0.2, -0.15) is 0 Å². The maximum atomic E-state index is 12.6. The first-order chi connectivity index (χ1) is 18.1.